The van der Waals surface area contributed by atoms with Crippen LogP contribution in [0.25, 0.3) is 0 Å². The summed E-state index contributed by atoms with van der Waals surface area (Å²) in [6.45, 7) is 0. The van der Waals surface area contributed by atoms with Gasteiger partial charge < -0.3 is 9.73 Å². The lowest BCUT2D eigenvalue weighted by atomic mass is 10.2. The van der Waals surface area contributed by atoms with Crippen LogP contribution in [0.5, 0.6) is 0 Å². The van der Waals surface area contributed by atoms with Crippen molar-refractivity contribution in [3.05, 3.63) is 35.2 Å². The maximum Gasteiger partial charge on any atom is 0.126 e. The number of nitrogens with one attached hydrogen (secondary N) is 1. The Hall–Kier alpha value is -1.20. The second-order valence-electron chi connectivity index (χ2n) is 2.56. The van der Waals surface area contributed by atoms with E-state index in [1.165, 1.54) is 11.5 Å². The van der Waals surface area contributed by atoms with Crippen LogP contribution in [0.2, 0.25) is 0 Å². The van der Waals surface area contributed by atoms with E-state index < -0.39 is 0 Å². The summed E-state index contributed by atoms with van der Waals surface area (Å²) in [7, 11) is 1.88. The van der Waals surface area contributed by atoms with Crippen LogP contribution in [0.4, 0.5) is 0 Å². The standard InChI is InChI=1S/C8H9N3OS/c1-9-8(6-3-2-4-12-6)7-5-10-11-13-7/h2-5,8-9H,1H3. The first-order chi connectivity index (χ1) is 6.42. The maximum atomic E-state index is 5.30. The van der Waals surface area contributed by atoms with Gasteiger partial charge in [0.05, 0.1) is 17.3 Å². The molecule has 2 aromatic heterocycles. The molecule has 0 aliphatic heterocycles. The molecule has 2 rings (SSSR count). The quantitative estimate of drug-likeness (QED) is 0.805. The Kier molecular flexibility index (Phi) is 2.37. The fourth-order valence-corrected chi connectivity index (χ4v) is 1.80. The monoisotopic (exact) mass is 195 g/mol. The Balaban J connectivity index is 2.29. The molecule has 2 heterocycles. The van der Waals surface area contributed by atoms with Crippen molar-refractivity contribution in [1.29, 1.82) is 0 Å². The molecule has 0 fully saturated rings. The van der Waals surface area contributed by atoms with E-state index in [0.717, 1.165) is 10.6 Å². The van der Waals surface area contributed by atoms with Crippen LogP contribution < -0.4 is 5.32 Å². The number of nitrogens with zero attached hydrogens (tertiary/aromatic N) is 2. The smallest absolute Gasteiger partial charge is 0.126 e. The van der Waals surface area contributed by atoms with Gasteiger partial charge >= 0.3 is 0 Å². The van der Waals surface area contributed by atoms with Crippen molar-refractivity contribution in [3.8, 4) is 0 Å². The van der Waals surface area contributed by atoms with Gasteiger partial charge in [0.1, 0.15) is 11.8 Å². The van der Waals surface area contributed by atoms with Crippen molar-refractivity contribution in [1.82, 2.24) is 14.9 Å². The zero-order valence-electron chi connectivity index (χ0n) is 7.10. The second-order valence-corrected chi connectivity index (χ2v) is 3.37. The van der Waals surface area contributed by atoms with Crippen molar-refractivity contribution >= 4 is 11.5 Å². The fraction of sp³-hybridized carbons (Fsp3) is 0.250. The Morgan fingerprint density at radius 3 is 3.08 bits per heavy atom. The van der Waals surface area contributed by atoms with E-state index in [2.05, 4.69) is 14.9 Å². The van der Waals surface area contributed by atoms with Gasteiger partial charge in [-0.15, -0.1) is 5.10 Å². The van der Waals surface area contributed by atoms with E-state index in [4.69, 9.17) is 4.42 Å². The predicted molar refractivity (Wildman–Crippen MR) is 49.5 cm³/mol. The first-order valence-electron chi connectivity index (χ1n) is 3.89. The normalized spacial score (nSPS) is 13.0. The molecule has 0 saturated carbocycles. The van der Waals surface area contributed by atoms with Crippen molar-refractivity contribution in [2.24, 2.45) is 0 Å². The third kappa shape index (κ3) is 1.61. The number of hydrogen-bond acceptors (Lipinski definition) is 5. The van der Waals surface area contributed by atoms with E-state index >= 15 is 0 Å². The number of aromatic nitrogens is 2. The SMILES string of the molecule is CNC(c1ccco1)c1cnns1. The van der Waals surface area contributed by atoms with E-state index in [9.17, 15) is 0 Å². The fourth-order valence-electron chi connectivity index (χ4n) is 1.18. The topological polar surface area (TPSA) is 51.0 Å². The van der Waals surface area contributed by atoms with E-state index in [1.54, 1.807) is 12.5 Å². The Labute approximate surface area is 79.8 Å². The maximum absolute atomic E-state index is 5.30. The van der Waals surface area contributed by atoms with Crippen LogP contribution >= 0.6 is 11.5 Å². The van der Waals surface area contributed by atoms with Crippen LogP contribution in [0.15, 0.2) is 29.0 Å². The lowest BCUT2D eigenvalue weighted by molar-refractivity contribution is 0.466. The van der Waals surface area contributed by atoms with Gasteiger partial charge in [0.15, 0.2) is 0 Å². The molecule has 0 aromatic carbocycles. The highest BCUT2D eigenvalue weighted by molar-refractivity contribution is 7.05. The summed E-state index contributed by atoms with van der Waals surface area (Å²) < 4.78 is 9.11. The third-order valence-corrected chi connectivity index (χ3v) is 2.51. The van der Waals surface area contributed by atoms with Crippen LogP contribution in [-0.4, -0.2) is 16.6 Å². The van der Waals surface area contributed by atoms with Crippen LogP contribution in [0.1, 0.15) is 16.7 Å². The van der Waals surface area contributed by atoms with E-state index in [1.807, 2.05) is 19.2 Å². The lowest BCUT2D eigenvalue weighted by Crippen LogP contribution is -2.15. The highest BCUT2D eigenvalue weighted by Gasteiger charge is 2.16. The first kappa shape index (κ1) is 8.40. The van der Waals surface area contributed by atoms with Crippen LogP contribution in [0.3, 0.4) is 0 Å². The minimum Gasteiger partial charge on any atom is -0.467 e. The average Bonchev–Trinajstić information content (AvgIpc) is 2.76. The van der Waals surface area contributed by atoms with E-state index in [-0.39, 0.29) is 6.04 Å². The average molecular weight is 195 g/mol. The Morgan fingerprint density at radius 1 is 1.62 bits per heavy atom. The molecule has 0 spiro atoms. The van der Waals surface area contributed by atoms with Crippen molar-refractivity contribution < 1.29 is 4.42 Å². The summed E-state index contributed by atoms with van der Waals surface area (Å²) >= 11 is 1.37. The zero-order valence-corrected chi connectivity index (χ0v) is 7.91. The van der Waals surface area contributed by atoms with Crippen molar-refractivity contribution in [2.75, 3.05) is 7.05 Å². The van der Waals surface area contributed by atoms with Crippen LogP contribution in [0, 0.1) is 0 Å². The number of hydrogen-bond donors (Lipinski definition) is 1. The third-order valence-electron chi connectivity index (χ3n) is 1.78. The minimum atomic E-state index is 0.0648. The zero-order chi connectivity index (χ0) is 9.10. The lowest BCUT2D eigenvalue weighted by Gasteiger charge is -2.09. The van der Waals surface area contributed by atoms with Gasteiger partial charge in [-0.2, -0.15) is 0 Å². The van der Waals surface area contributed by atoms with Gasteiger partial charge in [0.25, 0.3) is 0 Å². The van der Waals surface area contributed by atoms with Gasteiger partial charge in [-0.1, -0.05) is 4.49 Å². The highest BCUT2D eigenvalue weighted by Crippen LogP contribution is 2.23. The van der Waals surface area contributed by atoms with Gasteiger partial charge in [-0.25, -0.2) is 0 Å². The molecule has 68 valence electrons. The van der Waals surface area contributed by atoms with Gasteiger partial charge in [-0.3, -0.25) is 0 Å². The van der Waals surface area contributed by atoms with Crippen molar-refractivity contribution in [2.45, 2.75) is 6.04 Å². The molecule has 0 aliphatic rings. The summed E-state index contributed by atoms with van der Waals surface area (Å²) in [5.41, 5.74) is 0. The molecular weight excluding hydrogens is 186 g/mol. The minimum absolute atomic E-state index is 0.0648. The molecule has 1 N–H and O–H groups in total. The molecule has 1 unspecified atom stereocenters. The molecule has 0 bridgehead atoms. The van der Waals surface area contributed by atoms with Crippen LogP contribution in [-0.2, 0) is 0 Å². The highest BCUT2D eigenvalue weighted by atomic mass is 32.1. The molecule has 13 heavy (non-hydrogen) atoms. The summed E-state index contributed by atoms with van der Waals surface area (Å²) in [6.07, 6.45) is 3.41. The summed E-state index contributed by atoms with van der Waals surface area (Å²) in [5.74, 6) is 0.883. The summed E-state index contributed by atoms with van der Waals surface area (Å²) in [4.78, 5) is 1.05. The number of rotatable bonds is 3. The van der Waals surface area contributed by atoms with Gasteiger partial charge in [0.2, 0.25) is 0 Å². The molecule has 0 saturated heterocycles. The van der Waals surface area contributed by atoms with Crippen molar-refractivity contribution in [3.63, 3.8) is 0 Å². The molecule has 4 nitrogen and oxygen atoms in total. The number of furan rings is 1. The summed E-state index contributed by atoms with van der Waals surface area (Å²) in [5, 5.41) is 6.93. The summed E-state index contributed by atoms with van der Waals surface area (Å²) in [6, 6.07) is 3.87. The molecule has 0 amide bonds. The largest absolute Gasteiger partial charge is 0.467 e. The molecule has 5 heteroatoms. The predicted octanol–water partition coefficient (Wildman–Crippen LogP) is 1.44. The Bertz CT molecular complexity index is 309. The molecule has 2 aromatic rings. The molecule has 0 radical (unpaired) electrons. The molecule has 0 aliphatic carbocycles. The van der Waals surface area contributed by atoms with Gasteiger partial charge in [0, 0.05) is 0 Å². The molecule has 1 atom stereocenters. The molecular formula is C8H9N3OS. The Morgan fingerprint density at radius 2 is 2.54 bits per heavy atom. The first-order valence-corrected chi connectivity index (χ1v) is 4.67. The second kappa shape index (κ2) is 3.68. The van der Waals surface area contributed by atoms with E-state index in [0.29, 0.717) is 0 Å². The van der Waals surface area contributed by atoms with Gasteiger partial charge in [-0.05, 0) is 30.7 Å².